The van der Waals surface area contributed by atoms with E-state index in [1.807, 2.05) is 12.1 Å². The maximum absolute atomic E-state index is 11.7. The Labute approximate surface area is 81.6 Å². The van der Waals surface area contributed by atoms with E-state index in [1.165, 1.54) is 0 Å². The fourth-order valence-corrected chi connectivity index (χ4v) is 1.38. The third-order valence-electron chi connectivity index (χ3n) is 2.09. The molecule has 4 heteroatoms. The van der Waals surface area contributed by atoms with Gasteiger partial charge in [-0.2, -0.15) is 0 Å². The summed E-state index contributed by atoms with van der Waals surface area (Å²) in [6, 6.07) is 5.50. The molecule has 0 saturated heterocycles. The first-order valence-corrected chi connectivity index (χ1v) is 4.34. The zero-order valence-corrected chi connectivity index (χ0v) is 8.11. The van der Waals surface area contributed by atoms with Crippen LogP contribution in [0.15, 0.2) is 24.5 Å². The minimum absolute atomic E-state index is 0.0140. The number of benzene rings is 1. The van der Waals surface area contributed by atoms with Crippen molar-refractivity contribution in [1.29, 1.82) is 0 Å². The number of nitrogens with zero attached hydrogens (tertiary/aromatic N) is 2. The van der Waals surface area contributed by atoms with Crippen LogP contribution in [-0.4, -0.2) is 34.9 Å². The zero-order chi connectivity index (χ0) is 10.1. The van der Waals surface area contributed by atoms with Crippen LogP contribution in [0.25, 0.3) is 11.0 Å². The third-order valence-corrected chi connectivity index (χ3v) is 2.09. The summed E-state index contributed by atoms with van der Waals surface area (Å²) in [5.74, 6) is -0.0140. The molecule has 0 atom stereocenters. The van der Waals surface area contributed by atoms with Gasteiger partial charge in [0.05, 0.1) is 22.9 Å². The average Bonchev–Trinajstić information content (AvgIpc) is 2.63. The van der Waals surface area contributed by atoms with E-state index in [0.717, 1.165) is 11.0 Å². The molecule has 72 valence electrons. The number of nitrogens with one attached hydrogen (secondary N) is 1. The molecule has 0 aliphatic rings. The molecular formula is C10H11N3O. The maximum atomic E-state index is 11.7. The molecule has 14 heavy (non-hydrogen) atoms. The summed E-state index contributed by atoms with van der Waals surface area (Å²) in [5, 5.41) is 0. The van der Waals surface area contributed by atoms with Crippen molar-refractivity contribution in [1.82, 2.24) is 14.9 Å². The number of H-pyrrole nitrogens is 1. The van der Waals surface area contributed by atoms with Crippen molar-refractivity contribution in [3.63, 3.8) is 0 Å². The molecule has 2 rings (SSSR count). The molecule has 1 heterocycles. The van der Waals surface area contributed by atoms with Crippen molar-refractivity contribution in [3.05, 3.63) is 30.1 Å². The van der Waals surface area contributed by atoms with Crippen LogP contribution >= 0.6 is 0 Å². The molecule has 0 saturated carbocycles. The standard InChI is InChI=1S/C10H11N3O/c1-13(2)10(14)7-4-3-5-8-9(7)12-6-11-8/h3-6H,1-2H3,(H,11,12). The first kappa shape index (κ1) is 8.74. The smallest absolute Gasteiger partial charge is 0.255 e. The van der Waals surface area contributed by atoms with E-state index in [9.17, 15) is 4.79 Å². The highest BCUT2D eigenvalue weighted by atomic mass is 16.2. The van der Waals surface area contributed by atoms with Gasteiger partial charge in [0.2, 0.25) is 0 Å². The average molecular weight is 189 g/mol. The SMILES string of the molecule is CN(C)C(=O)c1cccc2nc[nH]c12. The maximum Gasteiger partial charge on any atom is 0.255 e. The van der Waals surface area contributed by atoms with Crippen LogP contribution in [0.4, 0.5) is 0 Å². The number of para-hydroxylation sites is 1. The van der Waals surface area contributed by atoms with Gasteiger partial charge in [-0.15, -0.1) is 0 Å². The first-order chi connectivity index (χ1) is 6.70. The number of carbonyl (C=O) groups is 1. The number of hydrogen-bond acceptors (Lipinski definition) is 2. The summed E-state index contributed by atoms with van der Waals surface area (Å²) >= 11 is 0. The van der Waals surface area contributed by atoms with Crippen LogP contribution in [0.5, 0.6) is 0 Å². The largest absolute Gasteiger partial charge is 0.345 e. The Morgan fingerprint density at radius 3 is 2.93 bits per heavy atom. The molecule has 0 bridgehead atoms. The van der Waals surface area contributed by atoms with E-state index in [-0.39, 0.29) is 5.91 Å². The number of hydrogen-bond donors (Lipinski definition) is 1. The number of fused-ring (bicyclic) bond motifs is 1. The monoisotopic (exact) mass is 189 g/mol. The van der Waals surface area contributed by atoms with E-state index >= 15 is 0 Å². The van der Waals surface area contributed by atoms with Crippen LogP contribution in [0.3, 0.4) is 0 Å². The molecule has 0 unspecified atom stereocenters. The lowest BCUT2D eigenvalue weighted by atomic mass is 10.1. The number of carbonyl (C=O) groups excluding carboxylic acids is 1. The second kappa shape index (κ2) is 3.14. The van der Waals surface area contributed by atoms with Gasteiger partial charge in [-0.25, -0.2) is 4.98 Å². The topological polar surface area (TPSA) is 49.0 Å². The number of aromatic nitrogens is 2. The summed E-state index contributed by atoms with van der Waals surface area (Å²) in [5.41, 5.74) is 2.27. The minimum Gasteiger partial charge on any atom is -0.345 e. The highest BCUT2D eigenvalue weighted by Gasteiger charge is 2.12. The van der Waals surface area contributed by atoms with Gasteiger partial charge in [-0.3, -0.25) is 4.79 Å². The van der Waals surface area contributed by atoms with Gasteiger partial charge in [0.1, 0.15) is 0 Å². The summed E-state index contributed by atoms with van der Waals surface area (Å²) in [7, 11) is 3.47. The van der Waals surface area contributed by atoms with Gasteiger partial charge in [-0.05, 0) is 12.1 Å². The molecule has 0 aliphatic heterocycles. The van der Waals surface area contributed by atoms with E-state index in [0.29, 0.717) is 5.56 Å². The summed E-state index contributed by atoms with van der Waals surface area (Å²) < 4.78 is 0. The fourth-order valence-electron chi connectivity index (χ4n) is 1.38. The molecule has 0 radical (unpaired) electrons. The van der Waals surface area contributed by atoms with Crippen molar-refractivity contribution < 1.29 is 4.79 Å². The van der Waals surface area contributed by atoms with Crippen molar-refractivity contribution in [2.75, 3.05) is 14.1 Å². The fraction of sp³-hybridized carbons (Fsp3) is 0.200. The second-order valence-electron chi connectivity index (χ2n) is 3.30. The zero-order valence-electron chi connectivity index (χ0n) is 8.11. The Morgan fingerprint density at radius 1 is 1.43 bits per heavy atom. The highest BCUT2D eigenvalue weighted by molar-refractivity contribution is 6.04. The molecule has 2 aromatic rings. The lowest BCUT2D eigenvalue weighted by molar-refractivity contribution is 0.0829. The van der Waals surface area contributed by atoms with Crippen LogP contribution in [0.2, 0.25) is 0 Å². The number of rotatable bonds is 1. The summed E-state index contributed by atoms with van der Waals surface area (Å²) in [4.78, 5) is 20.3. The Balaban J connectivity index is 2.62. The van der Waals surface area contributed by atoms with Gasteiger partial charge < -0.3 is 9.88 Å². The normalized spacial score (nSPS) is 10.4. The van der Waals surface area contributed by atoms with Gasteiger partial charge in [0.25, 0.3) is 5.91 Å². The van der Waals surface area contributed by atoms with E-state index in [4.69, 9.17) is 0 Å². The summed E-state index contributed by atoms with van der Waals surface area (Å²) in [6.07, 6.45) is 1.59. The molecule has 0 fully saturated rings. The Hall–Kier alpha value is -1.84. The highest BCUT2D eigenvalue weighted by Crippen LogP contribution is 2.15. The lowest BCUT2D eigenvalue weighted by Gasteiger charge is -2.10. The van der Waals surface area contributed by atoms with Crippen molar-refractivity contribution in [3.8, 4) is 0 Å². The van der Waals surface area contributed by atoms with Gasteiger partial charge in [0, 0.05) is 14.1 Å². The number of imidazole rings is 1. The van der Waals surface area contributed by atoms with E-state index in [2.05, 4.69) is 9.97 Å². The molecule has 0 spiro atoms. The van der Waals surface area contributed by atoms with Crippen LogP contribution in [-0.2, 0) is 0 Å². The van der Waals surface area contributed by atoms with Crippen molar-refractivity contribution in [2.45, 2.75) is 0 Å². The van der Waals surface area contributed by atoms with E-state index in [1.54, 1.807) is 31.4 Å². The molecular weight excluding hydrogens is 178 g/mol. The van der Waals surface area contributed by atoms with Crippen LogP contribution in [0.1, 0.15) is 10.4 Å². The molecule has 1 amide bonds. The van der Waals surface area contributed by atoms with Crippen LogP contribution in [0, 0.1) is 0 Å². The Kier molecular flexibility index (Phi) is 1.96. The van der Waals surface area contributed by atoms with Crippen LogP contribution < -0.4 is 0 Å². The molecule has 1 aromatic carbocycles. The predicted octanol–water partition coefficient (Wildman–Crippen LogP) is 1.26. The lowest BCUT2D eigenvalue weighted by Crippen LogP contribution is -2.21. The third kappa shape index (κ3) is 1.25. The quantitative estimate of drug-likeness (QED) is 0.734. The predicted molar refractivity (Wildman–Crippen MR) is 54.1 cm³/mol. The minimum atomic E-state index is -0.0140. The first-order valence-electron chi connectivity index (χ1n) is 4.34. The van der Waals surface area contributed by atoms with Gasteiger partial charge >= 0.3 is 0 Å². The molecule has 4 nitrogen and oxygen atoms in total. The van der Waals surface area contributed by atoms with Gasteiger partial charge in [-0.1, -0.05) is 6.07 Å². The van der Waals surface area contributed by atoms with Crippen molar-refractivity contribution >= 4 is 16.9 Å². The number of amides is 1. The Morgan fingerprint density at radius 2 is 2.21 bits per heavy atom. The second-order valence-corrected chi connectivity index (χ2v) is 3.30. The van der Waals surface area contributed by atoms with Gasteiger partial charge in [0.15, 0.2) is 0 Å². The molecule has 1 N–H and O–H groups in total. The molecule has 0 aliphatic carbocycles. The summed E-state index contributed by atoms with van der Waals surface area (Å²) in [6.45, 7) is 0. The van der Waals surface area contributed by atoms with E-state index < -0.39 is 0 Å². The van der Waals surface area contributed by atoms with Crippen molar-refractivity contribution in [2.24, 2.45) is 0 Å². The number of aromatic amines is 1. The molecule has 1 aromatic heterocycles. The Bertz CT molecular complexity index is 473.